The molecule has 8 rings (SSSR count). The summed E-state index contributed by atoms with van der Waals surface area (Å²) in [5.41, 5.74) is 5.80. The molecule has 2 atom stereocenters. The van der Waals surface area contributed by atoms with E-state index in [0.717, 1.165) is 60.5 Å². The highest BCUT2D eigenvalue weighted by Gasteiger charge is 2.19. The summed E-state index contributed by atoms with van der Waals surface area (Å²) in [7, 11) is -3.69. The molecule has 6 aromatic carbocycles. The minimum atomic E-state index is -1.85. The third-order valence-electron chi connectivity index (χ3n) is 7.56. The number of benzene rings is 6. The molecule has 0 bridgehead atoms. The molecule has 0 fully saturated rings. The largest absolute Gasteiger partial charge is 0.597 e. The van der Waals surface area contributed by atoms with Gasteiger partial charge < -0.3 is 0 Å². The van der Waals surface area contributed by atoms with Gasteiger partial charge in [0.25, 0.3) is 0 Å². The van der Waals surface area contributed by atoms with E-state index in [1.165, 1.54) is 5.56 Å². The van der Waals surface area contributed by atoms with Crippen molar-refractivity contribution in [2.75, 3.05) is 0 Å². The first-order valence-electron chi connectivity index (χ1n) is 14.0. The summed E-state index contributed by atoms with van der Waals surface area (Å²) in [6.45, 7) is 0. The van der Waals surface area contributed by atoms with Gasteiger partial charge >= 0.3 is 15.3 Å². The first-order valence-corrected chi connectivity index (χ1v) is 16.4. The molecule has 0 aliphatic rings. The van der Waals surface area contributed by atoms with Gasteiger partial charge in [-0.2, -0.15) is 0 Å². The molecular formula is C37H26O4P2+2. The highest BCUT2D eigenvalue weighted by molar-refractivity contribution is 7.37. The fraction of sp³-hybridized carbons (Fsp3) is 0.0270. The van der Waals surface area contributed by atoms with Crippen molar-refractivity contribution in [1.29, 1.82) is 0 Å². The molecule has 0 aliphatic carbocycles. The second kappa shape index (κ2) is 11.8. The van der Waals surface area contributed by atoms with Crippen molar-refractivity contribution >= 4 is 58.3 Å². The number of para-hydroxylation sites is 2. The Labute approximate surface area is 249 Å². The van der Waals surface area contributed by atoms with Crippen LogP contribution in [0, 0.1) is 0 Å². The molecule has 0 N–H and O–H groups in total. The first kappa shape index (κ1) is 27.0. The summed E-state index contributed by atoms with van der Waals surface area (Å²) in [6.07, 6.45) is 0.773. The molecule has 0 aliphatic heterocycles. The molecule has 2 aromatic heterocycles. The van der Waals surface area contributed by atoms with Gasteiger partial charge in [0.2, 0.25) is 15.8 Å². The van der Waals surface area contributed by atoms with Gasteiger partial charge in [-0.15, -0.1) is 0 Å². The van der Waals surface area contributed by atoms with E-state index >= 15 is 0 Å². The maximum atomic E-state index is 12.4. The lowest BCUT2D eigenvalue weighted by Crippen LogP contribution is -1.89. The van der Waals surface area contributed by atoms with E-state index in [4.69, 9.17) is 8.39 Å². The zero-order valence-electron chi connectivity index (χ0n) is 23.1. The van der Waals surface area contributed by atoms with Crippen LogP contribution in [0.15, 0.2) is 154 Å². The van der Waals surface area contributed by atoms with Crippen LogP contribution in [0.4, 0.5) is 0 Å². The highest BCUT2D eigenvalue weighted by atomic mass is 31.1. The van der Waals surface area contributed by atoms with Crippen LogP contribution in [0.2, 0.25) is 0 Å². The monoisotopic (exact) mass is 596 g/mol. The van der Waals surface area contributed by atoms with Gasteiger partial charge in [-0.1, -0.05) is 121 Å². The minimum Gasteiger partial charge on any atom is -0.249 e. The van der Waals surface area contributed by atoms with Crippen molar-refractivity contribution in [2.45, 2.75) is 6.42 Å². The maximum Gasteiger partial charge on any atom is 0.597 e. The summed E-state index contributed by atoms with van der Waals surface area (Å²) in [5, 5.41) is 5.59. The third-order valence-corrected chi connectivity index (χ3v) is 9.83. The molecule has 4 nitrogen and oxygen atoms in total. The van der Waals surface area contributed by atoms with Crippen molar-refractivity contribution in [3.8, 4) is 11.1 Å². The lowest BCUT2D eigenvalue weighted by molar-refractivity contribution is 0.562. The number of hydrogen-bond donors (Lipinski definition) is 0. The Bertz CT molecular complexity index is 2360. The average molecular weight is 597 g/mol. The first-order chi connectivity index (χ1) is 21.2. The third kappa shape index (κ3) is 5.28. The van der Waals surface area contributed by atoms with Crippen LogP contribution in [0.5, 0.6) is 0 Å². The zero-order chi connectivity index (χ0) is 29.2. The van der Waals surface area contributed by atoms with Crippen molar-refractivity contribution in [2.24, 2.45) is 0 Å². The topological polar surface area (TPSA) is 60.4 Å². The van der Waals surface area contributed by atoms with Gasteiger partial charge in [-0.25, -0.2) is 8.39 Å². The van der Waals surface area contributed by atoms with Crippen LogP contribution in [0.3, 0.4) is 0 Å². The van der Waals surface area contributed by atoms with E-state index in [2.05, 4.69) is 12.1 Å². The molecule has 0 saturated heterocycles. The van der Waals surface area contributed by atoms with E-state index in [1.54, 1.807) is 0 Å². The van der Waals surface area contributed by atoms with Crippen LogP contribution < -0.4 is 0 Å². The van der Waals surface area contributed by atoms with E-state index in [-0.39, 0.29) is 0 Å². The summed E-state index contributed by atoms with van der Waals surface area (Å²) in [6, 6.07) is 47.9. The fourth-order valence-electron chi connectivity index (χ4n) is 5.54. The quantitative estimate of drug-likeness (QED) is 0.190. The second-order valence-electron chi connectivity index (χ2n) is 10.2. The molecule has 0 radical (unpaired) electrons. The summed E-state index contributed by atoms with van der Waals surface area (Å²) in [4.78, 5) is 0. The van der Waals surface area contributed by atoms with Crippen LogP contribution >= 0.6 is 15.3 Å². The SMILES string of the molecule is O=[p+]1oc2c(-c3ccccc3)cccc2c2ccccc21.O=[p+]1oc2c(Cc3ccccc3)cccc2c2ccccc21. The fourth-order valence-corrected chi connectivity index (χ4v) is 7.68. The maximum absolute atomic E-state index is 12.4. The van der Waals surface area contributed by atoms with E-state index in [9.17, 15) is 9.13 Å². The highest BCUT2D eigenvalue weighted by Crippen LogP contribution is 2.39. The molecular weight excluding hydrogens is 570 g/mol. The van der Waals surface area contributed by atoms with Crippen LogP contribution in [-0.4, -0.2) is 0 Å². The van der Waals surface area contributed by atoms with Gasteiger partial charge in [0.05, 0.1) is 0 Å². The van der Waals surface area contributed by atoms with Gasteiger partial charge in [0.15, 0.2) is 5.58 Å². The normalized spacial score (nSPS) is 11.9. The number of hydrogen-bond acceptors (Lipinski definition) is 4. The second-order valence-corrected chi connectivity index (χ2v) is 12.6. The summed E-state index contributed by atoms with van der Waals surface area (Å²) < 4.78 is 36.3. The molecule has 0 saturated carbocycles. The Morgan fingerprint density at radius 2 is 0.930 bits per heavy atom. The Kier molecular flexibility index (Phi) is 7.39. The molecule has 43 heavy (non-hydrogen) atoms. The molecule has 206 valence electrons. The number of fused-ring (bicyclic) bond motifs is 6. The Balaban J connectivity index is 0.000000140. The van der Waals surface area contributed by atoms with Crippen molar-refractivity contribution in [3.05, 3.63) is 157 Å². The minimum absolute atomic E-state index is 0.712. The molecule has 6 heteroatoms. The summed E-state index contributed by atoms with van der Waals surface area (Å²) >= 11 is 0. The van der Waals surface area contributed by atoms with Crippen LogP contribution in [-0.2, 0) is 15.6 Å². The molecule has 8 aromatic rings. The van der Waals surface area contributed by atoms with Gasteiger partial charge in [0.1, 0.15) is 0 Å². The molecule has 2 heterocycles. The molecule has 0 amide bonds. The smallest absolute Gasteiger partial charge is 0.249 e. The van der Waals surface area contributed by atoms with Crippen LogP contribution in [0.25, 0.3) is 54.1 Å². The van der Waals surface area contributed by atoms with Gasteiger partial charge in [0, 0.05) is 39.1 Å². The molecule has 2 unspecified atom stereocenters. The zero-order valence-corrected chi connectivity index (χ0v) is 24.9. The Morgan fingerprint density at radius 1 is 0.442 bits per heavy atom. The lowest BCUT2D eigenvalue weighted by atomic mass is 10.0. The number of rotatable bonds is 3. The Morgan fingerprint density at radius 3 is 1.58 bits per heavy atom. The molecule has 0 spiro atoms. The van der Waals surface area contributed by atoms with Crippen LogP contribution in [0.1, 0.15) is 11.1 Å². The Hall–Kier alpha value is -4.88. The van der Waals surface area contributed by atoms with Crippen molar-refractivity contribution in [3.63, 3.8) is 0 Å². The van der Waals surface area contributed by atoms with E-state index < -0.39 is 15.3 Å². The predicted octanol–water partition coefficient (Wildman–Crippen LogP) is 11.9. The average Bonchev–Trinajstić information content (AvgIpc) is 3.06. The lowest BCUT2D eigenvalue weighted by Gasteiger charge is -2.04. The van der Waals surface area contributed by atoms with E-state index in [0.29, 0.717) is 5.58 Å². The standard InChI is InChI=1S/C19H14O2P.C18H12O2P/c20-22-18-12-5-4-10-16(18)17-11-6-9-15(19(17)21-22)13-14-7-2-1-3-8-14;19-21-17-12-5-4-9-15(17)16-11-6-10-14(18(16)20-21)13-7-2-1-3-8-13/h1-12H,13H2;1-12H/q2*+1. The predicted molar refractivity (Wildman–Crippen MR) is 177 cm³/mol. The van der Waals surface area contributed by atoms with Crippen molar-refractivity contribution in [1.82, 2.24) is 0 Å². The van der Waals surface area contributed by atoms with Gasteiger partial charge in [-0.05, 0) is 44.5 Å². The van der Waals surface area contributed by atoms with E-state index in [1.807, 2.05) is 133 Å². The van der Waals surface area contributed by atoms with Crippen molar-refractivity contribution < 1.29 is 17.5 Å². The summed E-state index contributed by atoms with van der Waals surface area (Å²) in [5.74, 6) is 0. The van der Waals surface area contributed by atoms with Gasteiger partial charge in [-0.3, -0.25) is 0 Å².